The highest BCUT2D eigenvalue weighted by atomic mass is 15.1. The normalized spacial score (nSPS) is 37.6. The summed E-state index contributed by atoms with van der Waals surface area (Å²) >= 11 is 0. The average Bonchev–Trinajstić information content (AvgIpc) is 2.59. The summed E-state index contributed by atoms with van der Waals surface area (Å²) in [6.07, 6.45) is 9.72. The molecule has 1 aliphatic carbocycles. The van der Waals surface area contributed by atoms with Crippen LogP contribution in [0.15, 0.2) is 0 Å². The van der Waals surface area contributed by atoms with Gasteiger partial charge in [-0.05, 0) is 70.4 Å². The van der Waals surface area contributed by atoms with Crippen molar-refractivity contribution in [3.63, 3.8) is 0 Å². The van der Waals surface area contributed by atoms with Crippen LogP contribution in [0.5, 0.6) is 0 Å². The topological polar surface area (TPSA) is 15.3 Å². The van der Waals surface area contributed by atoms with Crippen molar-refractivity contribution < 1.29 is 0 Å². The molecule has 0 aromatic carbocycles. The van der Waals surface area contributed by atoms with Crippen LogP contribution >= 0.6 is 0 Å². The molecule has 2 fully saturated rings. The third-order valence-corrected chi connectivity index (χ3v) is 5.87. The molecule has 4 unspecified atom stereocenters. The number of piperidine rings is 1. The number of nitrogens with one attached hydrogen (secondary N) is 1. The van der Waals surface area contributed by atoms with Gasteiger partial charge in [0.05, 0.1) is 0 Å². The minimum absolute atomic E-state index is 0.497. The highest BCUT2D eigenvalue weighted by molar-refractivity contribution is 4.86. The van der Waals surface area contributed by atoms with Crippen molar-refractivity contribution in [1.29, 1.82) is 0 Å². The summed E-state index contributed by atoms with van der Waals surface area (Å²) in [6.45, 7) is 10.9. The first-order chi connectivity index (χ1) is 9.36. The highest BCUT2D eigenvalue weighted by Crippen LogP contribution is 2.37. The Morgan fingerprint density at radius 1 is 0.950 bits per heavy atom. The maximum Gasteiger partial charge on any atom is 0.00966 e. The minimum Gasteiger partial charge on any atom is -0.311 e. The van der Waals surface area contributed by atoms with E-state index in [2.05, 4.69) is 45.0 Å². The lowest BCUT2D eigenvalue weighted by molar-refractivity contribution is 0.159. The van der Waals surface area contributed by atoms with Crippen molar-refractivity contribution >= 4 is 0 Å². The first kappa shape index (κ1) is 16.3. The zero-order valence-corrected chi connectivity index (χ0v) is 14.4. The molecule has 2 rings (SSSR count). The predicted molar refractivity (Wildman–Crippen MR) is 88.1 cm³/mol. The van der Waals surface area contributed by atoms with Gasteiger partial charge >= 0.3 is 0 Å². The van der Waals surface area contributed by atoms with Gasteiger partial charge in [0.25, 0.3) is 0 Å². The van der Waals surface area contributed by atoms with Crippen molar-refractivity contribution in [2.24, 2.45) is 11.3 Å². The molecule has 1 N–H and O–H groups in total. The standard InChI is InChI=1S/C18H36N2/c1-14-13-17(11-12-20(14)5)19-16-8-6-7-15(9-10-16)18(2,3)4/h14-17,19H,6-13H2,1-5H3. The molecule has 0 spiro atoms. The molecule has 2 aliphatic rings. The van der Waals surface area contributed by atoms with Gasteiger partial charge in [-0.1, -0.05) is 27.2 Å². The molecule has 0 radical (unpaired) electrons. The summed E-state index contributed by atoms with van der Waals surface area (Å²) in [5.41, 5.74) is 0.497. The number of rotatable bonds is 2. The SMILES string of the molecule is CC1CC(NC2CCCC(C(C)(C)C)CC2)CCN1C. The van der Waals surface area contributed by atoms with Gasteiger partial charge in [-0.3, -0.25) is 0 Å². The van der Waals surface area contributed by atoms with Gasteiger partial charge in [0.1, 0.15) is 0 Å². The number of hydrogen-bond donors (Lipinski definition) is 1. The Hall–Kier alpha value is -0.0800. The van der Waals surface area contributed by atoms with Gasteiger partial charge < -0.3 is 10.2 Å². The summed E-state index contributed by atoms with van der Waals surface area (Å²) in [4.78, 5) is 2.50. The second-order valence-corrected chi connectivity index (χ2v) is 8.49. The van der Waals surface area contributed by atoms with Gasteiger partial charge in [0, 0.05) is 18.1 Å². The van der Waals surface area contributed by atoms with Crippen LogP contribution in [0.4, 0.5) is 0 Å². The van der Waals surface area contributed by atoms with Gasteiger partial charge in [0.15, 0.2) is 0 Å². The van der Waals surface area contributed by atoms with E-state index < -0.39 is 0 Å². The Labute approximate surface area is 126 Å². The average molecular weight is 280 g/mol. The van der Waals surface area contributed by atoms with Crippen molar-refractivity contribution in [1.82, 2.24) is 10.2 Å². The molecule has 1 aliphatic heterocycles. The molecule has 0 aromatic heterocycles. The van der Waals surface area contributed by atoms with E-state index in [9.17, 15) is 0 Å². The molecule has 2 heteroatoms. The first-order valence-corrected chi connectivity index (χ1v) is 8.82. The molecule has 1 saturated heterocycles. The van der Waals surface area contributed by atoms with Crippen LogP contribution in [0, 0.1) is 11.3 Å². The van der Waals surface area contributed by atoms with E-state index in [0.717, 1.165) is 24.0 Å². The van der Waals surface area contributed by atoms with Crippen molar-refractivity contribution in [2.75, 3.05) is 13.6 Å². The molecular formula is C18H36N2. The Kier molecular flexibility index (Phi) is 5.53. The molecule has 1 heterocycles. The molecular weight excluding hydrogens is 244 g/mol. The smallest absolute Gasteiger partial charge is 0.00966 e. The summed E-state index contributed by atoms with van der Waals surface area (Å²) in [5, 5.41) is 3.99. The second-order valence-electron chi connectivity index (χ2n) is 8.49. The fourth-order valence-corrected chi connectivity index (χ4v) is 4.11. The third-order valence-electron chi connectivity index (χ3n) is 5.87. The van der Waals surface area contributed by atoms with Crippen LogP contribution in [-0.2, 0) is 0 Å². The van der Waals surface area contributed by atoms with E-state index in [1.807, 2.05) is 0 Å². The summed E-state index contributed by atoms with van der Waals surface area (Å²) in [5.74, 6) is 0.922. The van der Waals surface area contributed by atoms with E-state index in [1.165, 1.54) is 51.5 Å². The molecule has 2 nitrogen and oxygen atoms in total. The Morgan fingerprint density at radius 2 is 1.70 bits per heavy atom. The largest absolute Gasteiger partial charge is 0.311 e. The van der Waals surface area contributed by atoms with E-state index in [1.54, 1.807) is 0 Å². The fraction of sp³-hybridized carbons (Fsp3) is 1.00. The van der Waals surface area contributed by atoms with E-state index in [0.29, 0.717) is 5.41 Å². The first-order valence-electron chi connectivity index (χ1n) is 8.82. The lowest BCUT2D eigenvalue weighted by atomic mass is 9.76. The van der Waals surface area contributed by atoms with Crippen molar-refractivity contribution in [3.8, 4) is 0 Å². The van der Waals surface area contributed by atoms with E-state index in [-0.39, 0.29) is 0 Å². The quantitative estimate of drug-likeness (QED) is 0.768. The molecule has 0 bridgehead atoms. The van der Waals surface area contributed by atoms with Crippen molar-refractivity contribution in [2.45, 2.75) is 90.8 Å². The molecule has 0 aromatic rings. The van der Waals surface area contributed by atoms with Gasteiger partial charge in [-0.25, -0.2) is 0 Å². The third kappa shape index (κ3) is 4.46. The highest BCUT2D eigenvalue weighted by Gasteiger charge is 2.29. The molecule has 0 amide bonds. The summed E-state index contributed by atoms with van der Waals surface area (Å²) < 4.78 is 0. The van der Waals surface area contributed by atoms with Crippen LogP contribution in [0.2, 0.25) is 0 Å². The van der Waals surface area contributed by atoms with Crippen LogP contribution in [0.25, 0.3) is 0 Å². The lowest BCUT2D eigenvalue weighted by Gasteiger charge is -2.37. The fourth-order valence-electron chi connectivity index (χ4n) is 4.11. The Bertz CT molecular complexity index is 294. The number of nitrogens with zero attached hydrogens (tertiary/aromatic N) is 1. The molecule has 118 valence electrons. The minimum atomic E-state index is 0.497. The van der Waals surface area contributed by atoms with Gasteiger partial charge in [-0.15, -0.1) is 0 Å². The van der Waals surface area contributed by atoms with E-state index >= 15 is 0 Å². The second kappa shape index (κ2) is 6.79. The number of likely N-dealkylation sites (tertiary alicyclic amines) is 1. The molecule has 1 saturated carbocycles. The van der Waals surface area contributed by atoms with Crippen molar-refractivity contribution in [3.05, 3.63) is 0 Å². The Morgan fingerprint density at radius 3 is 2.35 bits per heavy atom. The van der Waals surface area contributed by atoms with Crippen LogP contribution in [-0.4, -0.2) is 36.6 Å². The maximum absolute atomic E-state index is 3.99. The zero-order chi connectivity index (χ0) is 14.8. The van der Waals surface area contributed by atoms with Gasteiger partial charge in [-0.2, -0.15) is 0 Å². The monoisotopic (exact) mass is 280 g/mol. The van der Waals surface area contributed by atoms with Crippen LogP contribution in [0.1, 0.15) is 72.6 Å². The lowest BCUT2D eigenvalue weighted by Crippen LogP contribution is -2.48. The summed E-state index contributed by atoms with van der Waals surface area (Å²) in [7, 11) is 2.26. The van der Waals surface area contributed by atoms with Gasteiger partial charge in [0.2, 0.25) is 0 Å². The Balaban J connectivity index is 1.80. The van der Waals surface area contributed by atoms with Crippen LogP contribution in [0.3, 0.4) is 0 Å². The maximum atomic E-state index is 3.99. The molecule has 20 heavy (non-hydrogen) atoms. The van der Waals surface area contributed by atoms with E-state index in [4.69, 9.17) is 0 Å². The zero-order valence-electron chi connectivity index (χ0n) is 14.4. The predicted octanol–water partition coefficient (Wildman–Crippen LogP) is 4.05. The summed E-state index contributed by atoms with van der Waals surface area (Å²) in [6, 6.07) is 2.29. The van der Waals surface area contributed by atoms with Crippen LogP contribution < -0.4 is 5.32 Å². The molecule has 4 atom stereocenters. The number of hydrogen-bond acceptors (Lipinski definition) is 2.